The van der Waals surface area contributed by atoms with Crippen molar-refractivity contribution in [3.05, 3.63) is 0 Å². The summed E-state index contributed by atoms with van der Waals surface area (Å²) >= 11 is 1.76. The molecule has 0 radical (unpaired) electrons. The molecule has 0 aromatic carbocycles. The Morgan fingerprint density at radius 3 is 3.13 bits per heavy atom. The molecule has 2 aliphatic carbocycles. The highest BCUT2D eigenvalue weighted by Crippen LogP contribution is 2.52. The Labute approximate surface area is 93.3 Å². The van der Waals surface area contributed by atoms with E-state index in [1.807, 2.05) is 4.90 Å². The molecule has 2 aliphatic heterocycles. The van der Waals surface area contributed by atoms with Gasteiger partial charge in [0.25, 0.3) is 0 Å². The van der Waals surface area contributed by atoms with E-state index in [1.54, 1.807) is 11.8 Å². The molecule has 0 N–H and O–H groups in total. The van der Waals surface area contributed by atoms with E-state index < -0.39 is 0 Å². The van der Waals surface area contributed by atoms with Crippen molar-refractivity contribution in [1.82, 2.24) is 4.90 Å². The molecule has 1 amide bonds. The van der Waals surface area contributed by atoms with Crippen molar-refractivity contribution in [3.63, 3.8) is 0 Å². The quantitative estimate of drug-likeness (QED) is 0.619. The summed E-state index contributed by atoms with van der Waals surface area (Å²) in [4.78, 5) is 19.1. The Bertz CT molecular complexity index is 368. The van der Waals surface area contributed by atoms with E-state index in [2.05, 4.69) is 0 Å². The van der Waals surface area contributed by atoms with Crippen molar-refractivity contribution in [2.24, 2.45) is 22.7 Å². The van der Waals surface area contributed by atoms with Crippen molar-refractivity contribution >= 4 is 22.8 Å². The van der Waals surface area contributed by atoms with Crippen LogP contribution in [-0.4, -0.2) is 34.3 Å². The van der Waals surface area contributed by atoms with Crippen molar-refractivity contribution in [2.75, 3.05) is 12.3 Å². The number of carbonyl (C=O) groups is 1. The predicted molar refractivity (Wildman–Crippen MR) is 59.7 cm³/mol. The van der Waals surface area contributed by atoms with Gasteiger partial charge < -0.3 is 0 Å². The number of hydrogen-bond donors (Lipinski definition) is 0. The van der Waals surface area contributed by atoms with E-state index in [9.17, 15) is 4.79 Å². The molecular formula is C11H14N2OS. The first-order valence-electron chi connectivity index (χ1n) is 5.86. The smallest absolute Gasteiger partial charge is 0.234 e. The standard InChI is InChI=1S/C11H14N2OS/c14-10-8-6-1-2-7(5-6)9(8)12-11-13(10)3-4-15-11/h6-9H,1-5H2/t6-,7+,8-,9+/m0/s1. The van der Waals surface area contributed by atoms with Crippen LogP contribution in [0.2, 0.25) is 0 Å². The van der Waals surface area contributed by atoms with Gasteiger partial charge in [0.05, 0.1) is 12.0 Å². The molecule has 4 rings (SSSR count). The molecule has 15 heavy (non-hydrogen) atoms. The van der Waals surface area contributed by atoms with Gasteiger partial charge in [-0.05, 0) is 31.1 Å². The maximum atomic E-state index is 12.3. The summed E-state index contributed by atoms with van der Waals surface area (Å²) in [5.74, 6) is 3.07. The van der Waals surface area contributed by atoms with Gasteiger partial charge in [0.2, 0.25) is 5.91 Å². The highest BCUT2D eigenvalue weighted by atomic mass is 32.2. The first kappa shape index (κ1) is 8.62. The molecule has 4 heteroatoms. The summed E-state index contributed by atoms with van der Waals surface area (Å²) in [6.07, 6.45) is 3.83. The fourth-order valence-corrected chi connectivity index (χ4v) is 4.81. The first-order chi connectivity index (χ1) is 7.34. The molecule has 2 bridgehead atoms. The van der Waals surface area contributed by atoms with Crippen LogP contribution in [0.5, 0.6) is 0 Å². The zero-order valence-corrected chi connectivity index (χ0v) is 9.37. The molecule has 0 spiro atoms. The predicted octanol–water partition coefficient (Wildman–Crippen LogP) is 1.35. The topological polar surface area (TPSA) is 32.7 Å². The molecule has 2 saturated carbocycles. The maximum absolute atomic E-state index is 12.3. The summed E-state index contributed by atoms with van der Waals surface area (Å²) in [6.45, 7) is 0.892. The number of rotatable bonds is 0. The van der Waals surface area contributed by atoms with E-state index in [1.165, 1.54) is 19.3 Å². The van der Waals surface area contributed by atoms with Crippen LogP contribution in [0, 0.1) is 17.8 Å². The van der Waals surface area contributed by atoms with Crippen LogP contribution in [0.4, 0.5) is 0 Å². The lowest BCUT2D eigenvalue weighted by atomic mass is 9.83. The zero-order valence-electron chi connectivity index (χ0n) is 8.56. The SMILES string of the molecule is O=C1[C@H]2[C@H]3CC[C@H](C3)[C@H]2N=C2SCCN12. The second-order valence-corrected chi connectivity index (χ2v) is 6.16. The zero-order chi connectivity index (χ0) is 9.99. The molecule has 3 nitrogen and oxygen atoms in total. The fourth-order valence-electron chi connectivity index (χ4n) is 3.82. The van der Waals surface area contributed by atoms with Gasteiger partial charge >= 0.3 is 0 Å². The van der Waals surface area contributed by atoms with E-state index in [4.69, 9.17) is 4.99 Å². The molecular weight excluding hydrogens is 208 g/mol. The van der Waals surface area contributed by atoms with Crippen LogP contribution in [0.3, 0.4) is 0 Å². The monoisotopic (exact) mass is 222 g/mol. The Morgan fingerprint density at radius 2 is 2.20 bits per heavy atom. The fraction of sp³-hybridized carbons (Fsp3) is 0.818. The van der Waals surface area contributed by atoms with E-state index >= 15 is 0 Å². The van der Waals surface area contributed by atoms with Gasteiger partial charge in [0.15, 0.2) is 5.17 Å². The number of fused-ring (bicyclic) bond motifs is 6. The third-order valence-electron chi connectivity index (χ3n) is 4.46. The van der Waals surface area contributed by atoms with E-state index in [0.717, 1.165) is 23.4 Å². The van der Waals surface area contributed by atoms with Crippen molar-refractivity contribution in [1.29, 1.82) is 0 Å². The average Bonchev–Trinajstić information content (AvgIpc) is 2.90. The molecule has 4 aliphatic rings. The molecule has 0 unspecified atom stereocenters. The number of amides is 1. The molecule has 2 heterocycles. The number of carbonyl (C=O) groups excluding carboxylic acids is 1. The number of amidine groups is 1. The van der Waals surface area contributed by atoms with Gasteiger partial charge in [-0.3, -0.25) is 14.7 Å². The van der Waals surface area contributed by atoms with Gasteiger partial charge in [-0.1, -0.05) is 11.8 Å². The van der Waals surface area contributed by atoms with Gasteiger partial charge in [0.1, 0.15) is 0 Å². The molecule has 3 fully saturated rings. The van der Waals surface area contributed by atoms with Gasteiger partial charge in [-0.2, -0.15) is 0 Å². The second kappa shape index (κ2) is 2.78. The van der Waals surface area contributed by atoms with Gasteiger partial charge in [0, 0.05) is 12.3 Å². The minimum Gasteiger partial charge on any atom is -0.290 e. The molecule has 0 aromatic heterocycles. The van der Waals surface area contributed by atoms with E-state index in [-0.39, 0.29) is 5.92 Å². The lowest BCUT2D eigenvalue weighted by molar-refractivity contribution is -0.134. The lowest BCUT2D eigenvalue weighted by Gasteiger charge is -2.35. The Kier molecular flexibility index (Phi) is 1.60. The van der Waals surface area contributed by atoms with Crippen LogP contribution in [-0.2, 0) is 4.79 Å². The Hall–Kier alpha value is -0.510. The van der Waals surface area contributed by atoms with Crippen LogP contribution in [0.1, 0.15) is 19.3 Å². The van der Waals surface area contributed by atoms with Crippen molar-refractivity contribution in [3.8, 4) is 0 Å². The number of nitrogens with zero attached hydrogens (tertiary/aromatic N) is 2. The van der Waals surface area contributed by atoms with Gasteiger partial charge in [-0.25, -0.2) is 0 Å². The summed E-state index contributed by atoms with van der Waals surface area (Å²) in [5, 5.41) is 1.02. The highest BCUT2D eigenvalue weighted by Gasteiger charge is 2.55. The third kappa shape index (κ3) is 0.986. The van der Waals surface area contributed by atoms with Gasteiger partial charge in [-0.15, -0.1) is 0 Å². The van der Waals surface area contributed by atoms with Crippen LogP contribution in [0.15, 0.2) is 4.99 Å². The maximum Gasteiger partial charge on any atom is 0.234 e. The van der Waals surface area contributed by atoms with Crippen LogP contribution in [0.25, 0.3) is 0 Å². The summed E-state index contributed by atoms with van der Waals surface area (Å²) in [5.41, 5.74) is 0. The molecule has 80 valence electrons. The minimum atomic E-state index is 0.256. The highest BCUT2D eigenvalue weighted by molar-refractivity contribution is 8.14. The third-order valence-corrected chi connectivity index (χ3v) is 5.43. The lowest BCUT2D eigenvalue weighted by Crippen LogP contribution is -2.48. The Morgan fingerprint density at radius 1 is 1.33 bits per heavy atom. The second-order valence-electron chi connectivity index (χ2n) is 5.10. The summed E-state index contributed by atoms with van der Waals surface area (Å²) in [7, 11) is 0. The van der Waals surface area contributed by atoms with Crippen LogP contribution < -0.4 is 0 Å². The first-order valence-corrected chi connectivity index (χ1v) is 6.85. The largest absolute Gasteiger partial charge is 0.290 e. The van der Waals surface area contributed by atoms with Crippen molar-refractivity contribution < 1.29 is 4.79 Å². The van der Waals surface area contributed by atoms with Crippen LogP contribution >= 0.6 is 11.8 Å². The summed E-state index contributed by atoms with van der Waals surface area (Å²) < 4.78 is 0. The van der Waals surface area contributed by atoms with E-state index in [0.29, 0.717) is 17.9 Å². The normalized spacial score (nSPS) is 46.8. The number of hydrogen-bond acceptors (Lipinski definition) is 3. The summed E-state index contributed by atoms with van der Waals surface area (Å²) in [6, 6.07) is 0.355. The Balaban J connectivity index is 1.79. The minimum absolute atomic E-state index is 0.256. The number of thioether (sulfide) groups is 1. The number of aliphatic imine (C=N–C) groups is 1. The molecule has 1 saturated heterocycles. The molecule has 0 aromatic rings. The van der Waals surface area contributed by atoms with Crippen molar-refractivity contribution in [2.45, 2.75) is 25.3 Å². The molecule has 4 atom stereocenters. The average molecular weight is 222 g/mol.